The van der Waals surface area contributed by atoms with Crippen molar-refractivity contribution in [2.24, 2.45) is 0 Å². The SMILES string of the molecule is CC1(C)c2cc(-c3ccc4ccc(-c5cc6ccccc6c6ccccc56)cc4c3)ccc2-c2ccc(-c3cc4ccccc4c4ccccc34)cc21. The van der Waals surface area contributed by atoms with Gasteiger partial charge in [-0.05, 0) is 146 Å². The second-order valence-electron chi connectivity index (χ2n) is 15.3. The summed E-state index contributed by atoms with van der Waals surface area (Å²) in [6, 6.07) is 68.0. The normalized spacial score (nSPS) is 13.2. The number of fused-ring (bicyclic) bond motifs is 10. The summed E-state index contributed by atoms with van der Waals surface area (Å²) in [7, 11) is 0. The summed E-state index contributed by atoms with van der Waals surface area (Å²) in [5.41, 5.74) is 12.9. The van der Waals surface area contributed by atoms with Gasteiger partial charge in [-0.15, -0.1) is 0 Å². The van der Waals surface area contributed by atoms with Crippen molar-refractivity contribution >= 4 is 53.9 Å². The third-order valence-corrected chi connectivity index (χ3v) is 12.0. The van der Waals surface area contributed by atoms with E-state index in [1.165, 1.54) is 109 Å². The fourth-order valence-electron chi connectivity index (χ4n) is 9.26. The van der Waals surface area contributed by atoms with Crippen molar-refractivity contribution in [3.05, 3.63) is 193 Å². The number of benzene rings is 10. The Morgan fingerprint density at radius 1 is 0.264 bits per heavy atom. The molecule has 0 fully saturated rings. The number of rotatable bonds is 3. The van der Waals surface area contributed by atoms with Crippen molar-refractivity contribution < 1.29 is 0 Å². The quantitative estimate of drug-likeness (QED) is 0.164. The van der Waals surface area contributed by atoms with Crippen LogP contribution in [0, 0.1) is 0 Å². The highest BCUT2D eigenvalue weighted by Gasteiger charge is 2.36. The predicted molar refractivity (Wildman–Crippen MR) is 228 cm³/mol. The van der Waals surface area contributed by atoms with Crippen molar-refractivity contribution in [3.8, 4) is 44.5 Å². The summed E-state index contributed by atoms with van der Waals surface area (Å²) < 4.78 is 0. The zero-order valence-electron chi connectivity index (χ0n) is 29.8. The van der Waals surface area contributed by atoms with Gasteiger partial charge in [-0.3, -0.25) is 0 Å². The van der Waals surface area contributed by atoms with Crippen molar-refractivity contribution in [3.63, 3.8) is 0 Å². The van der Waals surface area contributed by atoms with Gasteiger partial charge < -0.3 is 0 Å². The molecule has 0 spiro atoms. The molecule has 0 saturated carbocycles. The molecule has 0 radical (unpaired) electrons. The molecule has 0 aliphatic heterocycles. The zero-order chi connectivity index (χ0) is 35.3. The van der Waals surface area contributed by atoms with Gasteiger partial charge in [0.15, 0.2) is 0 Å². The summed E-state index contributed by atoms with van der Waals surface area (Å²) >= 11 is 0. The lowest BCUT2D eigenvalue weighted by Crippen LogP contribution is -2.15. The summed E-state index contributed by atoms with van der Waals surface area (Å²) in [6.45, 7) is 4.79. The van der Waals surface area contributed by atoms with Gasteiger partial charge in [0.05, 0.1) is 0 Å². The summed E-state index contributed by atoms with van der Waals surface area (Å²) in [4.78, 5) is 0. The van der Waals surface area contributed by atoms with Crippen molar-refractivity contribution in [2.75, 3.05) is 0 Å². The van der Waals surface area contributed by atoms with E-state index in [-0.39, 0.29) is 5.41 Å². The zero-order valence-corrected chi connectivity index (χ0v) is 29.8. The van der Waals surface area contributed by atoms with E-state index in [1.54, 1.807) is 0 Å². The van der Waals surface area contributed by atoms with E-state index in [2.05, 4.69) is 196 Å². The third kappa shape index (κ3) is 4.55. The first-order valence-corrected chi connectivity index (χ1v) is 18.7. The highest BCUT2D eigenvalue weighted by atomic mass is 14.4. The minimum Gasteiger partial charge on any atom is -0.0616 e. The van der Waals surface area contributed by atoms with E-state index in [0.29, 0.717) is 0 Å². The van der Waals surface area contributed by atoms with Crippen LogP contribution in [-0.2, 0) is 5.41 Å². The molecule has 0 heterocycles. The predicted octanol–water partition coefficient (Wildman–Crippen LogP) is 14.8. The molecule has 0 saturated heterocycles. The Morgan fingerprint density at radius 3 is 1.25 bits per heavy atom. The molecular weight excluding hydrogens is 637 g/mol. The van der Waals surface area contributed by atoms with Gasteiger partial charge in [-0.25, -0.2) is 0 Å². The van der Waals surface area contributed by atoms with Gasteiger partial charge in [0.25, 0.3) is 0 Å². The van der Waals surface area contributed by atoms with Gasteiger partial charge in [0.1, 0.15) is 0 Å². The van der Waals surface area contributed by atoms with Crippen LogP contribution in [0.3, 0.4) is 0 Å². The van der Waals surface area contributed by atoms with Crippen LogP contribution in [0.4, 0.5) is 0 Å². The first-order valence-electron chi connectivity index (χ1n) is 18.7. The molecule has 0 atom stereocenters. The number of hydrogen-bond donors (Lipinski definition) is 0. The Morgan fingerprint density at radius 2 is 0.660 bits per heavy atom. The van der Waals surface area contributed by atoms with E-state index in [9.17, 15) is 0 Å². The van der Waals surface area contributed by atoms with Gasteiger partial charge in [-0.2, -0.15) is 0 Å². The lowest BCUT2D eigenvalue weighted by Gasteiger charge is -2.23. The Hall–Kier alpha value is -6.50. The fourth-order valence-corrected chi connectivity index (χ4v) is 9.26. The second kappa shape index (κ2) is 11.2. The van der Waals surface area contributed by atoms with Crippen LogP contribution in [0.1, 0.15) is 25.0 Å². The number of hydrogen-bond acceptors (Lipinski definition) is 0. The molecule has 0 unspecified atom stereocenters. The Bertz CT molecular complexity index is 3140. The summed E-state index contributed by atoms with van der Waals surface area (Å²) in [6.07, 6.45) is 0. The summed E-state index contributed by atoms with van der Waals surface area (Å²) in [5.74, 6) is 0. The van der Waals surface area contributed by atoms with Crippen LogP contribution in [0.25, 0.3) is 98.4 Å². The van der Waals surface area contributed by atoms with Crippen LogP contribution in [0.2, 0.25) is 0 Å². The molecule has 0 aromatic heterocycles. The minimum atomic E-state index is -0.134. The average Bonchev–Trinajstić information content (AvgIpc) is 3.44. The topological polar surface area (TPSA) is 0 Å². The molecule has 0 heteroatoms. The van der Waals surface area contributed by atoms with E-state index < -0.39 is 0 Å². The van der Waals surface area contributed by atoms with Gasteiger partial charge in [-0.1, -0.05) is 159 Å². The standard InChI is InChI=1S/C53H36/c1-53(2)51-31-35(23-25-47(51)48-26-24-39(32-52(48)53)50-30-37-12-4-6-14-42(37)44-16-8-10-18-46(44)50)34-21-19-33-20-22-38(28-40(33)27-34)49-29-36-11-3-5-13-41(36)43-15-7-9-17-45(43)49/h3-32H,1-2H3. The van der Waals surface area contributed by atoms with Crippen molar-refractivity contribution in [1.82, 2.24) is 0 Å². The lowest BCUT2D eigenvalue weighted by molar-refractivity contribution is 0.661. The molecule has 0 N–H and O–H groups in total. The Balaban J connectivity index is 0.997. The molecule has 0 bridgehead atoms. The van der Waals surface area contributed by atoms with Crippen molar-refractivity contribution in [1.29, 1.82) is 0 Å². The first kappa shape index (κ1) is 30.2. The largest absolute Gasteiger partial charge is 0.0616 e. The smallest absolute Gasteiger partial charge is 0.0159 e. The van der Waals surface area contributed by atoms with Gasteiger partial charge in [0.2, 0.25) is 0 Å². The Kier molecular flexibility index (Phi) is 6.40. The van der Waals surface area contributed by atoms with Crippen LogP contribution >= 0.6 is 0 Å². The molecule has 11 rings (SSSR count). The molecule has 0 amide bonds. The maximum Gasteiger partial charge on any atom is 0.0159 e. The highest BCUT2D eigenvalue weighted by Crippen LogP contribution is 2.51. The second-order valence-corrected chi connectivity index (χ2v) is 15.3. The van der Waals surface area contributed by atoms with Gasteiger partial charge >= 0.3 is 0 Å². The molecule has 1 aliphatic rings. The maximum atomic E-state index is 2.46. The Labute approximate surface area is 309 Å². The van der Waals surface area contributed by atoms with Crippen molar-refractivity contribution in [2.45, 2.75) is 19.3 Å². The molecule has 248 valence electrons. The summed E-state index contributed by atoms with van der Waals surface area (Å²) in [5, 5.41) is 12.9. The average molecular weight is 673 g/mol. The minimum absolute atomic E-state index is 0.134. The molecule has 10 aromatic rings. The first-order chi connectivity index (χ1) is 26.0. The third-order valence-electron chi connectivity index (χ3n) is 12.0. The van der Waals surface area contributed by atoms with Crippen LogP contribution in [0.15, 0.2) is 182 Å². The maximum absolute atomic E-state index is 2.46. The molecule has 0 nitrogen and oxygen atoms in total. The molecule has 1 aliphatic carbocycles. The monoisotopic (exact) mass is 672 g/mol. The molecule has 53 heavy (non-hydrogen) atoms. The van der Waals surface area contributed by atoms with Gasteiger partial charge in [0, 0.05) is 5.41 Å². The van der Waals surface area contributed by atoms with E-state index >= 15 is 0 Å². The lowest BCUT2D eigenvalue weighted by atomic mass is 9.80. The molecular formula is C53H36. The highest BCUT2D eigenvalue weighted by molar-refractivity contribution is 6.15. The van der Waals surface area contributed by atoms with Crippen LogP contribution < -0.4 is 0 Å². The van der Waals surface area contributed by atoms with Crippen LogP contribution in [-0.4, -0.2) is 0 Å². The van der Waals surface area contributed by atoms with E-state index in [0.717, 1.165) is 0 Å². The fraction of sp³-hybridized carbons (Fsp3) is 0.0566. The van der Waals surface area contributed by atoms with E-state index in [4.69, 9.17) is 0 Å². The molecule has 10 aromatic carbocycles. The van der Waals surface area contributed by atoms with Crippen LogP contribution in [0.5, 0.6) is 0 Å². The van der Waals surface area contributed by atoms with E-state index in [1.807, 2.05) is 0 Å².